The summed E-state index contributed by atoms with van der Waals surface area (Å²) in [6.07, 6.45) is -1.39. The number of methoxy groups -OCH3 is 2. The molecule has 0 radical (unpaired) electrons. The first kappa shape index (κ1) is 40.1. The number of hydrogen-bond donors (Lipinski definition) is 1. The second kappa shape index (κ2) is 16.9. The van der Waals surface area contributed by atoms with E-state index in [2.05, 4.69) is 9.65 Å². The topological polar surface area (TPSA) is 148 Å². The van der Waals surface area contributed by atoms with Gasteiger partial charge in [-0.2, -0.15) is 4.39 Å². The molecular weight excluding hydrogens is 789 g/mol. The van der Waals surface area contributed by atoms with E-state index in [1.54, 1.807) is 44.6 Å². The number of nitrogens with one attached hydrogen (secondary N) is 1. The molecule has 4 aromatic carbocycles. The fourth-order valence-corrected chi connectivity index (χ4v) is 11.6. The average Bonchev–Trinajstić information content (AvgIpc) is 3.98. The van der Waals surface area contributed by atoms with E-state index in [4.69, 9.17) is 28.0 Å². The predicted octanol–water partition coefficient (Wildman–Crippen LogP) is 5.94. The molecule has 6 atom stereocenters. The summed E-state index contributed by atoms with van der Waals surface area (Å²) in [4.78, 5) is 28.6. The standard InChI is InChI=1S/C42H43FN3O10PS/c1-51-31-19-15-29(16-20-31)42(28-10-5-3-6-11-28,30-17-21-32(52-2)22-18-30)53-26-37-36(24-39(54-37)46-40(47)34(43)25-44-41(46)48)55-57-45-23-9-14-35(45)38(56-57)27-58(49,50)33-12-7-4-8-13-33/h3-8,10-13,15-22,25,35-39H,9,14,23-24,26-27H2,1-2H3,(H,44,48)/t35-,36-,37+,38+,39+,57+/m0/s1. The molecule has 1 N–H and O–H groups in total. The highest BCUT2D eigenvalue weighted by Crippen LogP contribution is 2.58. The quantitative estimate of drug-likeness (QED) is 0.105. The molecule has 4 heterocycles. The lowest BCUT2D eigenvalue weighted by Crippen LogP contribution is -2.40. The molecule has 304 valence electrons. The summed E-state index contributed by atoms with van der Waals surface area (Å²) >= 11 is 0. The molecule has 5 aromatic rings. The van der Waals surface area contributed by atoms with Gasteiger partial charge in [0.2, 0.25) is 5.82 Å². The normalized spacial score (nSPS) is 23.5. The van der Waals surface area contributed by atoms with Gasteiger partial charge in [0, 0.05) is 25.2 Å². The van der Waals surface area contributed by atoms with Gasteiger partial charge in [0.15, 0.2) is 9.84 Å². The van der Waals surface area contributed by atoms with Crippen LogP contribution in [-0.4, -0.2) is 80.1 Å². The van der Waals surface area contributed by atoms with E-state index in [0.29, 0.717) is 22.6 Å². The van der Waals surface area contributed by atoms with Crippen molar-refractivity contribution in [1.29, 1.82) is 0 Å². The van der Waals surface area contributed by atoms with E-state index in [9.17, 15) is 22.4 Å². The Balaban J connectivity index is 1.15. The van der Waals surface area contributed by atoms with E-state index in [1.807, 2.05) is 78.9 Å². The van der Waals surface area contributed by atoms with Crippen molar-refractivity contribution in [3.8, 4) is 11.5 Å². The average molecular weight is 832 g/mol. The van der Waals surface area contributed by atoms with Gasteiger partial charge in [-0.1, -0.05) is 72.8 Å². The molecule has 1 aromatic heterocycles. The van der Waals surface area contributed by atoms with Crippen molar-refractivity contribution in [3.05, 3.63) is 159 Å². The molecule has 8 rings (SSSR count). The van der Waals surface area contributed by atoms with Crippen LogP contribution in [0.25, 0.3) is 0 Å². The molecule has 0 amide bonds. The van der Waals surface area contributed by atoms with Crippen molar-refractivity contribution in [2.75, 3.05) is 33.1 Å². The first-order valence-corrected chi connectivity index (χ1v) is 21.7. The lowest BCUT2D eigenvalue weighted by molar-refractivity contribution is -0.0927. The van der Waals surface area contributed by atoms with Gasteiger partial charge in [-0.05, 0) is 65.9 Å². The van der Waals surface area contributed by atoms with Gasteiger partial charge in [-0.25, -0.2) is 22.4 Å². The van der Waals surface area contributed by atoms with Crippen LogP contribution >= 0.6 is 8.53 Å². The fourth-order valence-electron chi connectivity index (χ4n) is 8.01. The molecule has 0 spiro atoms. The smallest absolute Gasteiger partial charge is 0.330 e. The Bertz CT molecular complexity index is 2370. The first-order chi connectivity index (χ1) is 28.1. The number of fused-ring (bicyclic) bond motifs is 1. The van der Waals surface area contributed by atoms with Crippen LogP contribution in [0.4, 0.5) is 4.39 Å². The molecule has 16 heteroatoms. The molecule has 3 saturated heterocycles. The number of rotatable bonds is 14. The summed E-state index contributed by atoms with van der Waals surface area (Å²) in [5, 5.41) is 0. The maximum atomic E-state index is 14.7. The van der Waals surface area contributed by atoms with Crippen LogP contribution in [0.2, 0.25) is 0 Å². The maximum absolute atomic E-state index is 14.7. The van der Waals surface area contributed by atoms with Crippen LogP contribution in [-0.2, 0) is 34.0 Å². The largest absolute Gasteiger partial charge is 0.497 e. The molecule has 0 unspecified atom stereocenters. The Morgan fingerprint density at radius 1 is 0.845 bits per heavy atom. The molecule has 0 aliphatic carbocycles. The summed E-state index contributed by atoms with van der Waals surface area (Å²) in [5.74, 6) is -0.0757. The summed E-state index contributed by atoms with van der Waals surface area (Å²) < 4.78 is 82.2. The second-order valence-corrected chi connectivity index (χ2v) is 17.7. The number of hydrogen-bond acceptors (Lipinski definition) is 11. The Kier molecular flexibility index (Phi) is 11.6. The number of nitrogens with zero attached hydrogens (tertiary/aromatic N) is 2. The predicted molar refractivity (Wildman–Crippen MR) is 213 cm³/mol. The lowest BCUT2D eigenvalue weighted by atomic mass is 9.80. The van der Waals surface area contributed by atoms with Gasteiger partial charge in [-0.15, -0.1) is 0 Å². The number of benzene rings is 4. The second-order valence-electron chi connectivity index (χ2n) is 14.3. The van der Waals surface area contributed by atoms with Crippen LogP contribution in [0, 0.1) is 5.82 Å². The van der Waals surface area contributed by atoms with Gasteiger partial charge in [0.1, 0.15) is 29.4 Å². The molecular formula is C42H43FN3O10PS. The third-order valence-electron chi connectivity index (χ3n) is 10.9. The van der Waals surface area contributed by atoms with Gasteiger partial charge in [0.25, 0.3) is 14.1 Å². The Labute approximate surface area is 336 Å². The highest BCUT2D eigenvalue weighted by molar-refractivity contribution is 7.91. The van der Waals surface area contributed by atoms with Crippen LogP contribution in [0.3, 0.4) is 0 Å². The SMILES string of the molecule is COc1ccc(C(OC[C@H]2O[C@@H](n3c(=O)[nH]cc(F)c3=O)C[C@@H]2O[P@]2O[C@H](CS(=O)(=O)c3ccccc3)[C@@H]3CCCN32)(c2ccccc2)c2ccc(OC)cc2)cc1. The zero-order valence-electron chi connectivity index (χ0n) is 31.8. The number of aromatic amines is 1. The third-order valence-corrected chi connectivity index (χ3v) is 14.5. The minimum absolute atomic E-state index is 0.0302. The zero-order valence-corrected chi connectivity index (χ0v) is 33.5. The number of H-pyrrole nitrogens is 1. The number of ether oxygens (including phenoxy) is 4. The number of aromatic nitrogens is 2. The van der Waals surface area contributed by atoms with E-state index in [0.717, 1.165) is 35.7 Å². The van der Waals surface area contributed by atoms with Crippen LogP contribution in [0.1, 0.15) is 42.2 Å². The molecule has 3 aliphatic heterocycles. The molecule has 3 fully saturated rings. The minimum atomic E-state index is -3.68. The third kappa shape index (κ3) is 7.75. The Morgan fingerprint density at radius 3 is 2.07 bits per heavy atom. The summed E-state index contributed by atoms with van der Waals surface area (Å²) in [6, 6.07) is 32.8. The highest BCUT2D eigenvalue weighted by Gasteiger charge is 2.51. The van der Waals surface area contributed by atoms with E-state index in [-0.39, 0.29) is 29.7 Å². The first-order valence-electron chi connectivity index (χ1n) is 18.9. The van der Waals surface area contributed by atoms with E-state index in [1.165, 1.54) is 0 Å². The molecule has 0 bridgehead atoms. The monoisotopic (exact) mass is 831 g/mol. The summed E-state index contributed by atoms with van der Waals surface area (Å²) in [5.41, 5.74) is -0.912. The van der Waals surface area contributed by atoms with Gasteiger partial charge < -0.3 is 33.0 Å². The lowest BCUT2D eigenvalue weighted by Gasteiger charge is -2.37. The Hall–Kier alpha value is -4.73. The molecule has 13 nitrogen and oxygen atoms in total. The van der Waals surface area contributed by atoms with Crippen LogP contribution < -0.4 is 20.7 Å². The van der Waals surface area contributed by atoms with Crippen molar-refractivity contribution in [2.45, 2.75) is 60.3 Å². The highest BCUT2D eigenvalue weighted by atomic mass is 32.2. The van der Waals surface area contributed by atoms with Gasteiger partial charge in [-0.3, -0.25) is 4.79 Å². The Morgan fingerprint density at radius 2 is 1.45 bits per heavy atom. The van der Waals surface area contributed by atoms with Crippen LogP contribution in [0.15, 0.2) is 130 Å². The minimum Gasteiger partial charge on any atom is -0.497 e. The van der Waals surface area contributed by atoms with Crippen molar-refractivity contribution in [1.82, 2.24) is 14.2 Å². The summed E-state index contributed by atoms with van der Waals surface area (Å²) in [7, 11) is -2.32. The fraction of sp³-hybridized carbons (Fsp3) is 0.333. The molecule has 58 heavy (non-hydrogen) atoms. The molecule has 0 saturated carbocycles. The van der Waals surface area contributed by atoms with Crippen molar-refractivity contribution in [2.24, 2.45) is 0 Å². The van der Waals surface area contributed by atoms with E-state index >= 15 is 0 Å². The van der Waals surface area contributed by atoms with Crippen molar-refractivity contribution < 1.29 is 40.8 Å². The van der Waals surface area contributed by atoms with Gasteiger partial charge in [0.05, 0.1) is 43.7 Å². The van der Waals surface area contributed by atoms with Crippen molar-refractivity contribution in [3.63, 3.8) is 0 Å². The number of sulfone groups is 1. The molecule has 3 aliphatic rings. The van der Waals surface area contributed by atoms with E-state index < -0.39 is 65.6 Å². The zero-order chi connectivity index (χ0) is 40.4. The number of halogens is 1. The van der Waals surface area contributed by atoms with Crippen molar-refractivity contribution >= 4 is 18.4 Å². The maximum Gasteiger partial charge on any atom is 0.330 e. The van der Waals surface area contributed by atoms with Gasteiger partial charge >= 0.3 is 5.69 Å². The van der Waals surface area contributed by atoms with Crippen LogP contribution in [0.5, 0.6) is 11.5 Å². The summed E-state index contributed by atoms with van der Waals surface area (Å²) in [6.45, 7) is 0.500.